The van der Waals surface area contributed by atoms with Gasteiger partial charge in [0.1, 0.15) is 5.75 Å². The fourth-order valence-electron chi connectivity index (χ4n) is 1.97. The smallest absolute Gasteiger partial charge is 0.336 e. The van der Waals surface area contributed by atoms with Crippen molar-refractivity contribution in [2.75, 3.05) is 0 Å². The van der Waals surface area contributed by atoms with Crippen LogP contribution in [-0.4, -0.2) is 12.3 Å². The number of rotatable bonds is 5. The van der Waals surface area contributed by atoms with E-state index in [1.54, 1.807) is 13.8 Å². The van der Waals surface area contributed by atoms with Gasteiger partial charge in [-0.2, -0.15) is 0 Å². The Morgan fingerprint density at radius 2 is 1.71 bits per heavy atom. The lowest BCUT2D eigenvalue weighted by Crippen LogP contribution is -2.21. The Bertz CT molecular complexity index is 770. The normalized spacial score (nSPS) is 11.7. The number of hydrogen-bond acceptors (Lipinski definition) is 3. The van der Waals surface area contributed by atoms with E-state index in [4.69, 9.17) is 9.47 Å². The van der Waals surface area contributed by atoms with Gasteiger partial charge in [-0.3, -0.25) is 0 Å². The number of halogens is 3. The first-order chi connectivity index (χ1) is 11.3. The predicted octanol–water partition coefficient (Wildman–Crippen LogP) is 6.49. The number of hydrogen-bond donors (Lipinski definition) is 0. The fourth-order valence-corrected chi connectivity index (χ4v) is 3.55. The zero-order valence-electron chi connectivity index (χ0n) is 13.1. The molecule has 126 valence electrons. The van der Waals surface area contributed by atoms with Gasteiger partial charge in [0, 0.05) is 27.0 Å². The van der Waals surface area contributed by atoms with Crippen LogP contribution in [0.4, 0.5) is 0 Å². The maximum Gasteiger partial charge on any atom is 0.336 e. The van der Waals surface area contributed by atoms with Gasteiger partial charge in [0.05, 0.1) is 4.47 Å². The predicted molar refractivity (Wildman–Crippen MR) is 106 cm³/mol. The van der Waals surface area contributed by atoms with Crippen LogP contribution in [0.3, 0.4) is 0 Å². The average molecular weight is 519 g/mol. The lowest BCUT2D eigenvalue weighted by Gasteiger charge is -2.19. The van der Waals surface area contributed by atoms with Gasteiger partial charge < -0.3 is 9.47 Å². The van der Waals surface area contributed by atoms with Crippen molar-refractivity contribution in [2.45, 2.75) is 20.1 Å². The zero-order chi connectivity index (χ0) is 17.9. The minimum Gasteiger partial charge on any atom is -0.453 e. The van der Waals surface area contributed by atoms with Gasteiger partial charge in [-0.05, 0) is 52.7 Å². The van der Waals surface area contributed by atoms with Gasteiger partial charge in [0.2, 0.25) is 6.29 Å². The summed E-state index contributed by atoms with van der Waals surface area (Å²) in [6.07, 6.45) is -0.749. The Balaban J connectivity index is 2.36. The molecule has 0 aliphatic rings. The van der Waals surface area contributed by atoms with Crippen molar-refractivity contribution in [2.24, 2.45) is 0 Å². The molecule has 0 saturated heterocycles. The van der Waals surface area contributed by atoms with E-state index in [9.17, 15) is 4.79 Å². The number of ether oxygens (including phenoxy) is 2. The van der Waals surface area contributed by atoms with Crippen LogP contribution in [0.5, 0.6) is 5.75 Å². The Kier molecular flexibility index (Phi) is 6.66. The first kappa shape index (κ1) is 19.2. The minimum atomic E-state index is -0.749. The van der Waals surface area contributed by atoms with Crippen molar-refractivity contribution in [3.8, 4) is 16.9 Å². The second-order valence-corrected chi connectivity index (χ2v) is 7.83. The SMILES string of the molecule is C=C(C)C(=O)OC(C)Oc1c(Br)cc(Br)cc1-c1ccc(Br)cc1. The molecular formula is C18H15Br3O3. The molecule has 0 bridgehead atoms. The van der Waals surface area contributed by atoms with Crippen LogP contribution in [-0.2, 0) is 9.53 Å². The molecule has 0 aliphatic carbocycles. The molecule has 2 aromatic rings. The molecular weight excluding hydrogens is 504 g/mol. The van der Waals surface area contributed by atoms with Gasteiger partial charge >= 0.3 is 5.97 Å². The van der Waals surface area contributed by atoms with Crippen LogP contribution in [0.1, 0.15) is 13.8 Å². The summed E-state index contributed by atoms with van der Waals surface area (Å²) in [6, 6.07) is 11.7. The molecule has 0 spiro atoms. The number of carbonyl (C=O) groups excluding carboxylic acids is 1. The van der Waals surface area contributed by atoms with Gasteiger partial charge in [-0.15, -0.1) is 0 Å². The summed E-state index contributed by atoms with van der Waals surface area (Å²) in [5.74, 6) is 0.114. The summed E-state index contributed by atoms with van der Waals surface area (Å²) in [5, 5.41) is 0. The first-order valence-corrected chi connectivity index (χ1v) is 9.44. The molecule has 0 aromatic heterocycles. The van der Waals surface area contributed by atoms with Crippen LogP contribution < -0.4 is 4.74 Å². The van der Waals surface area contributed by atoms with E-state index in [0.29, 0.717) is 11.3 Å². The maximum absolute atomic E-state index is 11.6. The van der Waals surface area contributed by atoms with E-state index >= 15 is 0 Å². The Morgan fingerprint density at radius 3 is 2.29 bits per heavy atom. The summed E-state index contributed by atoms with van der Waals surface area (Å²) in [4.78, 5) is 11.6. The molecule has 0 aliphatic heterocycles. The van der Waals surface area contributed by atoms with Crippen LogP contribution in [0.15, 0.2) is 62.0 Å². The monoisotopic (exact) mass is 516 g/mol. The highest BCUT2D eigenvalue weighted by atomic mass is 79.9. The summed E-state index contributed by atoms with van der Waals surface area (Å²) in [6.45, 7) is 6.83. The molecule has 2 rings (SSSR count). The summed E-state index contributed by atoms with van der Waals surface area (Å²) in [5.41, 5.74) is 2.18. The third-order valence-electron chi connectivity index (χ3n) is 3.07. The number of esters is 1. The second kappa shape index (κ2) is 8.32. The molecule has 0 radical (unpaired) electrons. The standard InChI is InChI=1S/C18H15Br3O3/c1-10(2)18(22)24-11(3)23-17-15(8-14(20)9-16(17)21)12-4-6-13(19)7-5-12/h4-9,11H,1H2,2-3H3. The molecule has 1 unspecified atom stereocenters. The largest absolute Gasteiger partial charge is 0.453 e. The third kappa shape index (κ3) is 4.94. The van der Waals surface area contributed by atoms with E-state index in [1.807, 2.05) is 36.4 Å². The number of carbonyl (C=O) groups is 1. The van der Waals surface area contributed by atoms with E-state index in [2.05, 4.69) is 54.4 Å². The highest BCUT2D eigenvalue weighted by molar-refractivity contribution is 9.11. The third-order valence-corrected chi connectivity index (χ3v) is 4.64. The quantitative estimate of drug-likeness (QED) is 0.258. The van der Waals surface area contributed by atoms with Crippen molar-refractivity contribution >= 4 is 53.8 Å². The van der Waals surface area contributed by atoms with E-state index < -0.39 is 12.3 Å². The molecule has 6 heteroatoms. The van der Waals surface area contributed by atoms with Crippen molar-refractivity contribution in [1.82, 2.24) is 0 Å². The zero-order valence-corrected chi connectivity index (χ0v) is 17.9. The summed E-state index contributed by atoms with van der Waals surface area (Å²) >= 11 is 10.4. The number of benzene rings is 2. The van der Waals surface area contributed by atoms with Crippen LogP contribution in [0.2, 0.25) is 0 Å². The summed E-state index contributed by atoms with van der Waals surface area (Å²) < 4.78 is 13.7. The Labute approximate surface area is 166 Å². The molecule has 1 atom stereocenters. The van der Waals surface area contributed by atoms with Gasteiger partial charge in [0.15, 0.2) is 0 Å². The minimum absolute atomic E-state index is 0.327. The van der Waals surface area contributed by atoms with Crippen LogP contribution in [0.25, 0.3) is 11.1 Å². The Hall–Kier alpha value is -1.11. The highest BCUT2D eigenvalue weighted by Gasteiger charge is 2.17. The van der Waals surface area contributed by atoms with Crippen molar-refractivity contribution in [3.05, 3.63) is 62.0 Å². The molecule has 0 fully saturated rings. The van der Waals surface area contributed by atoms with Crippen LogP contribution >= 0.6 is 47.8 Å². The molecule has 2 aromatic carbocycles. The molecule has 0 heterocycles. The van der Waals surface area contributed by atoms with Gasteiger partial charge in [-0.1, -0.05) is 50.6 Å². The highest BCUT2D eigenvalue weighted by Crippen LogP contribution is 2.40. The second-order valence-electron chi connectivity index (χ2n) is 5.14. The van der Waals surface area contributed by atoms with Crippen LogP contribution in [0, 0.1) is 0 Å². The van der Waals surface area contributed by atoms with Crippen molar-refractivity contribution in [3.63, 3.8) is 0 Å². The van der Waals surface area contributed by atoms with Crippen molar-refractivity contribution < 1.29 is 14.3 Å². The average Bonchev–Trinajstić information content (AvgIpc) is 2.50. The lowest BCUT2D eigenvalue weighted by molar-refractivity contribution is -0.156. The van der Waals surface area contributed by atoms with Crippen molar-refractivity contribution in [1.29, 1.82) is 0 Å². The Morgan fingerprint density at radius 1 is 1.08 bits per heavy atom. The maximum atomic E-state index is 11.6. The molecule has 24 heavy (non-hydrogen) atoms. The molecule has 0 amide bonds. The van der Waals surface area contributed by atoms with E-state index in [1.165, 1.54) is 0 Å². The summed E-state index contributed by atoms with van der Waals surface area (Å²) in [7, 11) is 0. The van der Waals surface area contributed by atoms with Gasteiger partial charge in [-0.25, -0.2) is 4.79 Å². The first-order valence-electron chi connectivity index (χ1n) is 7.06. The van der Waals surface area contributed by atoms with Gasteiger partial charge in [0.25, 0.3) is 0 Å². The molecule has 3 nitrogen and oxygen atoms in total. The topological polar surface area (TPSA) is 35.5 Å². The lowest BCUT2D eigenvalue weighted by atomic mass is 10.0. The van der Waals surface area contributed by atoms with E-state index in [-0.39, 0.29) is 0 Å². The molecule has 0 saturated carbocycles. The molecule has 0 N–H and O–H groups in total. The van der Waals surface area contributed by atoms with E-state index in [0.717, 1.165) is 24.5 Å². The fraction of sp³-hybridized carbons (Fsp3) is 0.167.